The van der Waals surface area contributed by atoms with Crippen LogP contribution in [0.2, 0.25) is 0 Å². The zero-order valence-corrected chi connectivity index (χ0v) is 12.6. The number of hydrogen-bond donors (Lipinski definition) is 0. The van der Waals surface area contributed by atoms with E-state index >= 15 is 0 Å². The molecule has 2 rings (SSSR count). The number of hydrogen-bond acceptors (Lipinski definition) is 2. The molecule has 1 aromatic carbocycles. The summed E-state index contributed by atoms with van der Waals surface area (Å²) in [7, 11) is 2.16. The van der Waals surface area contributed by atoms with Crippen LogP contribution in [0, 0.1) is 5.82 Å². The van der Waals surface area contributed by atoms with Gasteiger partial charge in [-0.1, -0.05) is 25.5 Å². The summed E-state index contributed by atoms with van der Waals surface area (Å²) in [6, 6.07) is 6.62. The summed E-state index contributed by atoms with van der Waals surface area (Å²) in [5.41, 5.74) is 4.58. The Kier molecular flexibility index (Phi) is 5.07. The highest BCUT2D eigenvalue weighted by Gasteiger charge is 2.17. The molecule has 0 amide bonds. The van der Waals surface area contributed by atoms with Crippen molar-refractivity contribution in [2.24, 2.45) is 4.99 Å². The molecule has 108 valence electrons. The van der Waals surface area contributed by atoms with E-state index in [0.717, 1.165) is 36.5 Å². The fourth-order valence-corrected chi connectivity index (χ4v) is 2.46. The van der Waals surface area contributed by atoms with E-state index in [0.29, 0.717) is 0 Å². The Morgan fingerprint density at radius 3 is 2.60 bits per heavy atom. The molecule has 0 radical (unpaired) electrons. The Bertz CT molecular complexity index is 514. The molecular formula is C17H23FN2. The highest BCUT2D eigenvalue weighted by molar-refractivity contribution is 6.04. The molecule has 0 bridgehead atoms. The maximum absolute atomic E-state index is 13.0. The molecule has 1 aliphatic rings. The van der Waals surface area contributed by atoms with Gasteiger partial charge in [-0.3, -0.25) is 4.99 Å². The molecule has 1 aromatic rings. The third-order valence-electron chi connectivity index (χ3n) is 3.73. The minimum atomic E-state index is -0.198. The van der Waals surface area contributed by atoms with Crippen molar-refractivity contribution in [1.29, 1.82) is 0 Å². The Labute approximate surface area is 121 Å². The first-order valence-electron chi connectivity index (χ1n) is 7.30. The molecule has 0 saturated carbocycles. The van der Waals surface area contributed by atoms with Gasteiger partial charge in [-0.2, -0.15) is 0 Å². The summed E-state index contributed by atoms with van der Waals surface area (Å²) >= 11 is 0. The molecule has 0 fully saturated rings. The van der Waals surface area contributed by atoms with Crippen molar-refractivity contribution in [3.05, 3.63) is 46.9 Å². The average molecular weight is 274 g/mol. The Hall–Kier alpha value is -1.48. The molecule has 3 heteroatoms. The maximum Gasteiger partial charge on any atom is 0.123 e. The summed E-state index contributed by atoms with van der Waals surface area (Å²) in [4.78, 5) is 7.00. The van der Waals surface area contributed by atoms with E-state index in [1.54, 1.807) is 0 Å². The molecule has 0 atom stereocenters. The second kappa shape index (κ2) is 6.80. The van der Waals surface area contributed by atoms with Crippen LogP contribution in [0.25, 0.3) is 0 Å². The first-order chi connectivity index (χ1) is 9.60. The van der Waals surface area contributed by atoms with Crippen LogP contribution in [0.15, 0.2) is 40.5 Å². The van der Waals surface area contributed by atoms with E-state index in [4.69, 9.17) is 0 Å². The molecule has 0 aromatic heterocycles. The molecule has 0 saturated heterocycles. The Balaban J connectivity index is 1.97. The summed E-state index contributed by atoms with van der Waals surface area (Å²) in [5.74, 6) is -0.198. The number of rotatable bonds is 6. The lowest BCUT2D eigenvalue weighted by Crippen LogP contribution is -2.22. The summed E-state index contributed by atoms with van der Waals surface area (Å²) in [5, 5.41) is 0. The van der Waals surface area contributed by atoms with Crippen molar-refractivity contribution < 1.29 is 4.39 Å². The van der Waals surface area contributed by atoms with Crippen molar-refractivity contribution >= 4 is 5.71 Å². The Morgan fingerprint density at radius 1 is 1.25 bits per heavy atom. The van der Waals surface area contributed by atoms with Gasteiger partial charge in [-0.05, 0) is 50.2 Å². The summed E-state index contributed by atoms with van der Waals surface area (Å²) in [6.07, 6.45) is 3.34. The normalized spacial score (nSPS) is 15.2. The smallest absolute Gasteiger partial charge is 0.123 e. The zero-order chi connectivity index (χ0) is 14.5. The third kappa shape index (κ3) is 3.76. The number of benzene rings is 1. The summed E-state index contributed by atoms with van der Waals surface area (Å²) in [6.45, 7) is 6.38. The highest BCUT2D eigenvalue weighted by Crippen LogP contribution is 2.24. The quantitative estimate of drug-likeness (QED) is 0.765. The second-order valence-corrected chi connectivity index (χ2v) is 5.52. The fraction of sp³-hybridized carbons (Fsp3) is 0.471. The molecule has 20 heavy (non-hydrogen) atoms. The van der Waals surface area contributed by atoms with Crippen molar-refractivity contribution in [3.8, 4) is 0 Å². The van der Waals surface area contributed by atoms with Crippen LogP contribution in [-0.2, 0) is 0 Å². The van der Waals surface area contributed by atoms with E-state index < -0.39 is 0 Å². The van der Waals surface area contributed by atoms with Crippen molar-refractivity contribution in [2.45, 2.75) is 33.1 Å². The average Bonchev–Trinajstić information content (AvgIpc) is 2.78. The van der Waals surface area contributed by atoms with Crippen LogP contribution in [0.3, 0.4) is 0 Å². The molecular weight excluding hydrogens is 251 g/mol. The number of likely N-dealkylation sites (N-methyl/N-ethyl adjacent to an activating group) is 1. The van der Waals surface area contributed by atoms with Gasteiger partial charge in [-0.15, -0.1) is 0 Å². The predicted octanol–water partition coefficient (Wildman–Crippen LogP) is 4.02. The van der Waals surface area contributed by atoms with Crippen molar-refractivity contribution in [1.82, 2.24) is 4.90 Å². The standard InChI is InChI=1S/C17H23FN2/c1-4-5-10-20(3)12-15-11-17(19-13(15)2)14-6-8-16(18)9-7-14/h6-9H,4-5,10-12H2,1-3H3. The van der Waals surface area contributed by atoms with Crippen LogP contribution < -0.4 is 0 Å². The molecule has 0 aliphatic carbocycles. The molecule has 2 nitrogen and oxygen atoms in total. The van der Waals surface area contributed by atoms with Gasteiger partial charge in [0.25, 0.3) is 0 Å². The first kappa shape index (κ1) is 14.9. The second-order valence-electron chi connectivity index (χ2n) is 5.52. The van der Waals surface area contributed by atoms with E-state index in [1.807, 2.05) is 12.1 Å². The number of allylic oxidation sites excluding steroid dienone is 1. The highest BCUT2D eigenvalue weighted by atomic mass is 19.1. The van der Waals surface area contributed by atoms with E-state index in [1.165, 1.54) is 30.5 Å². The first-order valence-corrected chi connectivity index (χ1v) is 7.30. The third-order valence-corrected chi connectivity index (χ3v) is 3.73. The lowest BCUT2D eigenvalue weighted by Gasteiger charge is -2.17. The monoisotopic (exact) mass is 274 g/mol. The van der Waals surface area contributed by atoms with Gasteiger partial charge in [0.1, 0.15) is 5.82 Å². The van der Waals surface area contributed by atoms with Crippen molar-refractivity contribution in [3.63, 3.8) is 0 Å². The molecule has 0 unspecified atom stereocenters. The van der Waals surface area contributed by atoms with Crippen LogP contribution >= 0.6 is 0 Å². The largest absolute Gasteiger partial charge is 0.302 e. The molecule has 1 aliphatic heterocycles. The lowest BCUT2D eigenvalue weighted by atomic mass is 10.0. The SMILES string of the molecule is CCCCN(C)CC1=C(C)N=C(c2ccc(F)cc2)C1. The minimum Gasteiger partial charge on any atom is -0.302 e. The van der Waals surface area contributed by atoms with Crippen LogP contribution in [0.5, 0.6) is 0 Å². The maximum atomic E-state index is 13.0. The van der Waals surface area contributed by atoms with E-state index in [-0.39, 0.29) is 5.82 Å². The van der Waals surface area contributed by atoms with Gasteiger partial charge < -0.3 is 4.90 Å². The minimum absolute atomic E-state index is 0.198. The number of halogens is 1. The number of nitrogens with zero attached hydrogens (tertiary/aromatic N) is 2. The molecule has 1 heterocycles. The van der Waals surface area contributed by atoms with Gasteiger partial charge >= 0.3 is 0 Å². The van der Waals surface area contributed by atoms with Gasteiger partial charge in [0.2, 0.25) is 0 Å². The van der Waals surface area contributed by atoms with Gasteiger partial charge in [0.15, 0.2) is 0 Å². The predicted molar refractivity (Wildman–Crippen MR) is 82.7 cm³/mol. The van der Waals surface area contributed by atoms with Gasteiger partial charge in [-0.25, -0.2) is 4.39 Å². The zero-order valence-electron chi connectivity index (χ0n) is 12.6. The van der Waals surface area contributed by atoms with Gasteiger partial charge in [0, 0.05) is 18.7 Å². The van der Waals surface area contributed by atoms with E-state index in [2.05, 4.69) is 30.8 Å². The number of unbranched alkanes of at least 4 members (excludes halogenated alkanes) is 1. The van der Waals surface area contributed by atoms with Gasteiger partial charge in [0.05, 0.1) is 5.71 Å². The number of aliphatic imine (C=N–C) groups is 1. The van der Waals surface area contributed by atoms with Crippen molar-refractivity contribution in [2.75, 3.05) is 20.1 Å². The Morgan fingerprint density at radius 2 is 1.95 bits per heavy atom. The van der Waals surface area contributed by atoms with Crippen LogP contribution in [0.4, 0.5) is 4.39 Å². The topological polar surface area (TPSA) is 15.6 Å². The van der Waals surface area contributed by atoms with E-state index in [9.17, 15) is 4.39 Å². The van der Waals surface area contributed by atoms with Crippen LogP contribution in [-0.4, -0.2) is 30.7 Å². The lowest BCUT2D eigenvalue weighted by molar-refractivity contribution is 0.353. The molecule has 0 N–H and O–H groups in total. The van der Waals surface area contributed by atoms with Crippen LogP contribution in [0.1, 0.15) is 38.7 Å². The molecule has 0 spiro atoms. The fourth-order valence-electron chi connectivity index (χ4n) is 2.46. The summed E-state index contributed by atoms with van der Waals surface area (Å²) < 4.78 is 13.0.